The Morgan fingerprint density at radius 3 is 2.44 bits per heavy atom. The molecule has 0 atom stereocenters. The number of nitrogens with zero attached hydrogens (tertiary/aromatic N) is 3. The van der Waals surface area contributed by atoms with Gasteiger partial charge < -0.3 is 10.1 Å². The average Bonchev–Trinajstić information content (AvgIpc) is 3.26. The fourth-order valence-electron chi connectivity index (χ4n) is 3.43. The van der Waals surface area contributed by atoms with E-state index in [2.05, 4.69) is 15.5 Å². The number of amides is 1. The van der Waals surface area contributed by atoms with Crippen molar-refractivity contribution in [1.29, 1.82) is 0 Å². The summed E-state index contributed by atoms with van der Waals surface area (Å²) >= 11 is 1.47. The molecule has 4 aromatic rings. The van der Waals surface area contributed by atoms with E-state index in [0.29, 0.717) is 47.6 Å². The molecule has 1 amide bonds. The molecule has 0 aliphatic heterocycles. The topological polar surface area (TPSA) is 69.0 Å². The van der Waals surface area contributed by atoms with Crippen molar-refractivity contribution in [2.75, 3.05) is 20.3 Å². The number of thioether (sulfide) groups is 1. The van der Waals surface area contributed by atoms with E-state index in [1.54, 1.807) is 42.0 Å². The molecule has 0 fully saturated rings. The van der Waals surface area contributed by atoms with Crippen molar-refractivity contribution in [1.82, 2.24) is 20.1 Å². The molecule has 6 nitrogen and oxygen atoms in total. The van der Waals surface area contributed by atoms with Crippen LogP contribution in [0, 0.1) is 5.82 Å². The van der Waals surface area contributed by atoms with Crippen LogP contribution in [0.4, 0.5) is 4.39 Å². The molecular weight excluding hydrogens is 451 g/mol. The highest BCUT2D eigenvalue weighted by Crippen LogP contribution is 2.27. The van der Waals surface area contributed by atoms with Crippen LogP contribution < -0.4 is 5.32 Å². The van der Waals surface area contributed by atoms with Crippen molar-refractivity contribution >= 4 is 17.7 Å². The van der Waals surface area contributed by atoms with Crippen LogP contribution in [0.15, 0.2) is 84.0 Å². The Bertz CT molecular complexity index is 1230. The quantitative estimate of drug-likeness (QED) is 0.266. The maximum atomic E-state index is 14.7. The van der Waals surface area contributed by atoms with Crippen LogP contribution in [-0.4, -0.2) is 40.9 Å². The molecule has 0 radical (unpaired) electrons. The first kappa shape index (κ1) is 23.7. The molecular formula is C26H25FN4O2S. The van der Waals surface area contributed by atoms with Gasteiger partial charge in [0, 0.05) is 31.4 Å². The number of ether oxygens (including phenoxy) is 1. The first-order chi connectivity index (χ1) is 16.7. The van der Waals surface area contributed by atoms with Crippen molar-refractivity contribution in [3.8, 4) is 5.69 Å². The van der Waals surface area contributed by atoms with Crippen LogP contribution in [0.3, 0.4) is 0 Å². The second kappa shape index (κ2) is 11.6. The number of nitrogens with one attached hydrogen (secondary N) is 1. The van der Waals surface area contributed by atoms with Crippen LogP contribution >= 0.6 is 11.8 Å². The van der Waals surface area contributed by atoms with E-state index in [1.807, 2.05) is 42.5 Å². The Labute approximate surface area is 202 Å². The van der Waals surface area contributed by atoms with Gasteiger partial charge in [-0.15, -0.1) is 10.2 Å². The zero-order valence-corrected chi connectivity index (χ0v) is 19.6. The lowest BCUT2D eigenvalue weighted by atomic mass is 10.1. The van der Waals surface area contributed by atoms with Gasteiger partial charge in [0.2, 0.25) is 0 Å². The van der Waals surface area contributed by atoms with Crippen molar-refractivity contribution in [2.24, 2.45) is 0 Å². The van der Waals surface area contributed by atoms with E-state index in [-0.39, 0.29) is 11.7 Å². The zero-order chi connectivity index (χ0) is 23.8. The molecule has 1 N–H and O–H groups in total. The molecule has 4 rings (SSSR count). The number of rotatable bonds is 10. The molecule has 0 aliphatic carbocycles. The van der Waals surface area contributed by atoms with E-state index >= 15 is 0 Å². The molecule has 0 saturated carbocycles. The second-order valence-electron chi connectivity index (χ2n) is 7.58. The van der Waals surface area contributed by atoms with Gasteiger partial charge in [0.05, 0.1) is 12.3 Å². The smallest absolute Gasteiger partial charge is 0.251 e. The Balaban J connectivity index is 1.52. The number of methoxy groups -OCH3 is 1. The average molecular weight is 477 g/mol. The van der Waals surface area contributed by atoms with Crippen molar-refractivity contribution in [3.63, 3.8) is 0 Å². The summed E-state index contributed by atoms with van der Waals surface area (Å²) in [6.07, 6.45) is 0.537. The molecule has 1 heterocycles. The second-order valence-corrected chi connectivity index (χ2v) is 8.52. The summed E-state index contributed by atoms with van der Waals surface area (Å²) in [6.45, 7) is 0.930. The van der Waals surface area contributed by atoms with E-state index < -0.39 is 0 Å². The van der Waals surface area contributed by atoms with E-state index in [4.69, 9.17) is 4.74 Å². The summed E-state index contributed by atoms with van der Waals surface area (Å²) in [5, 5.41) is 12.2. The molecule has 8 heteroatoms. The monoisotopic (exact) mass is 476 g/mol. The van der Waals surface area contributed by atoms with Gasteiger partial charge in [-0.2, -0.15) is 0 Å². The minimum absolute atomic E-state index is 0.138. The zero-order valence-electron chi connectivity index (χ0n) is 18.8. The van der Waals surface area contributed by atoms with Gasteiger partial charge in [-0.1, -0.05) is 66.4 Å². The first-order valence-corrected chi connectivity index (χ1v) is 11.9. The van der Waals surface area contributed by atoms with Crippen LogP contribution in [0.5, 0.6) is 0 Å². The third-order valence-corrected chi connectivity index (χ3v) is 6.17. The molecule has 1 aromatic heterocycles. The Morgan fingerprint density at radius 2 is 1.71 bits per heavy atom. The molecule has 0 bridgehead atoms. The van der Waals surface area contributed by atoms with Gasteiger partial charge in [0.1, 0.15) is 11.6 Å². The van der Waals surface area contributed by atoms with Crippen molar-refractivity contribution in [3.05, 3.63) is 107 Å². The minimum Gasteiger partial charge on any atom is -0.383 e. The van der Waals surface area contributed by atoms with Crippen molar-refractivity contribution in [2.45, 2.75) is 17.3 Å². The molecule has 0 aliphatic rings. The Hall–Kier alpha value is -3.49. The number of halogens is 1. The number of aromatic nitrogens is 3. The third-order valence-electron chi connectivity index (χ3n) is 5.17. The predicted molar refractivity (Wildman–Crippen MR) is 131 cm³/mol. The number of carbonyl (C=O) groups is 1. The summed E-state index contributed by atoms with van der Waals surface area (Å²) < 4.78 is 21.4. The van der Waals surface area contributed by atoms with Crippen LogP contribution in [-0.2, 0) is 16.9 Å². The van der Waals surface area contributed by atoms with Gasteiger partial charge in [0.25, 0.3) is 5.91 Å². The lowest BCUT2D eigenvalue weighted by Gasteiger charge is -2.11. The van der Waals surface area contributed by atoms with E-state index in [9.17, 15) is 9.18 Å². The maximum Gasteiger partial charge on any atom is 0.251 e. The van der Waals surface area contributed by atoms with E-state index in [1.165, 1.54) is 17.8 Å². The Kier molecular flexibility index (Phi) is 8.06. The molecule has 0 saturated heterocycles. The maximum absolute atomic E-state index is 14.7. The van der Waals surface area contributed by atoms with Gasteiger partial charge in [-0.3, -0.25) is 9.36 Å². The van der Waals surface area contributed by atoms with E-state index in [0.717, 1.165) is 11.1 Å². The highest BCUT2D eigenvalue weighted by Gasteiger charge is 2.18. The summed E-state index contributed by atoms with van der Waals surface area (Å²) in [5.74, 6) is 0.800. The predicted octanol–water partition coefficient (Wildman–Crippen LogP) is 4.67. The fraction of sp³-hybridized carbons (Fsp3) is 0.192. The number of hydrogen-bond donors (Lipinski definition) is 1. The highest BCUT2D eigenvalue weighted by atomic mass is 32.2. The lowest BCUT2D eigenvalue weighted by molar-refractivity contribution is 0.0937. The van der Waals surface area contributed by atoms with Crippen LogP contribution in [0.2, 0.25) is 0 Å². The van der Waals surface area contributed by atoms with Gasteiger partial charge in [-0.05, 0) is 35.4 Å². The SMILES string of the molecule is COCCNC(=O)c1ccc(CSc2nnc(Cc3ccccc3)n2-c2ccccc2F)cc1. The number of benzene rings is 3. The van der Waals surface area contributed by atoms with Crippen molar-refractivity contribution < 1.29 is 13.9 Å². The van der Waals surface area contributed by atoms with Crippen LogP contribution in [0.1, 0.15) is 27.3 Å². The van der Waals surface area contributed by atoms with Gasteiger partial charge >= 0.3 is 0 Å². The summed E-state index contributed by atoms with van der Waals surface area (Å²) in [7, 11) is 1.59. The molecule has 34 heavy (non-hydrogen) atoms. The fourth-order valence-corrected chi connectivity index (χ4v) is 4.35. The summed E-state index contributed by atoms with van der Waals surface area (Å²) in [5.41, 5.74) is 3.10. The van der Waals surface area contributed by atoms with Gasteiger partial charge in [0.15, 0.2) is 5.16 Å². The Morgan fingerprint density at radius 1 is 0.971 bits per heavy atom. The largest absolute Gasteiger partial charge is 0.383 e. The minimum atomic E-state index is -0.331. The molecule has 174 valence electrons. The lowest BCUT2D eigenvalue weighted by Crippen LogP contribution is -2.26. The first-order valence-electron chi connectivity index (χ1n) is 10.9. The molecule has 3 aromatic carbocycles. The van der Waals surface area contributed by atoms with Crippen LogP contribution in [0.25, 0.3) is 5.69 Å². The molecule has 0 unspecified atom stereocenters. The highest BCUT2D eigenvalue weighted by molar-refractivity contribution is 7.98. The third kappa shape index (κ3) is 5.89. The summed E-state index contributed by atoms with van der Waals surface area (Å²) in [4.78, 5) is 12.2. The number of carbonyl (C=O) groups excluding carboxylic acids is 1. The number of hydrogen-bond acceptors (Lipinski definition) is 5. The summed E-state index contributed by atoms with van der Waals surface area (Å²) in [6, 6.07) is 24.0. The standard InChI is InChI=1S/C26H25FN4O2S/c1-33-16-15-28-25(32)21-13-11-20(12-14-21)18-34-26-30-29-24(17-19-7-3-2-4-8-19)31(26)23-10-6-5-9-22(23)27/h2-14H,15-18H2,1H3,(H,28,32). The number of para-hydroxylation sites is 1. The molecule has 0 spiro atoms. The van der Waals surface area contributed by atoms with Gasteiger partial charge in [-0.25, -0.2) is 4.39 Å². The normalized spacial score (nSPS) is 10.9.